The molecule has 2 aliphatic rings. The Kier molecular flexibility index (Phi) is 3.62. The van der Waals surface area contributed by atoms with E-state index in [4.69, 9.17) is 5.11 Å². The van der Waals surface area contributed by atoms with Crippen LogP contribution in [0.5, 0.6) is 0 Å². The second-order valence-corrected chi connectivity index (χ2v) is 5.01. The van der Waals surface area contributed by atoms with Crippen molar-refractivity contribution < 1.29 is 9.90 Å². The highest BCUT2D eigenvalue weighted by Gasteiger charge is 2.30. The minimum Gasteiger partial charge on any atom is -0.396 e. The van der Waals surface area contributed by atoms with Gasteiger partial charge in [0.25, 0.3) is 0 Å². The van der Waals surface area contributed by atoms with Crippen LogP contribution in [0.4, 0.5) is 0 Å². The summed E-state index contributed by atoms with van der Waals surface area (Å²) < 4.78 is 0. The van der Waals surface area contributed by atoms with E-state index in [9.17, 15) is 4.79 Å². The van der Waals surface area contributed by atoms with Gasteiger partial charge in [-0.2, -0.15) is 0 Å². The molecule has 0 bridgehead atoms. The van der Waals surface area contributed by atoms with Crippen LogP contribution < -0.4 is 0 Å². The van der Waals surface area contributed by atoms with Gasteiger partial charge < -0.3 is 10.0 Å². The second-order valence-electron chi connectivity index (χ2n) is 5.01. The fourth-order valence-electron chi connectivity index (χ4n) is 1.89. The molecule has 2 saturated carbocycles. The van der Waals surface area contributed by atoms with Gasteiger partial charge in [0.1, 0.15) is 0 Å². The van der Waals surface area contributed by atoms with Crippen LogP contribution in [0.3, 0.4) is 0 Å². The van der Waals surface area contributed by atoms with Crippen molar-refractivity contribution in [3.63, 3.8) is 0 Å². The molecule has 86 valence electrons. The lowest BCUT2D eigenvalue weighted by Gasteiger charge is -2.22. The van der Waals surface area contributed by atoms with Gasteiger partial charge in [0.2, 0.25) is 5.91 Å². The summed E-state index contributed by atoms with van der Waals surface area (Å²) in [5.41, 5.74) is 0. The van der Waals surface area contributed by atoms with E-state index in [0.717, 1.165) is 24.9 Å². The molecule has 1 amide bonds. The molecule has 0 radical (unpaired) electrons. The zero-order chi connectivity index (χ0) is 10.7. The van der Waals surface area contributed by atoms with Gasteiger partial charge in [0, 0.05) is 26.1 Å². The Morgan fingerprint density at radius 2 is 1.67 bits per heavy atom. The molecule has 0 aromatic carbocycles. The number of hydrogen-bond acceptors (Lipinski definition) is 2. The Morgan fingerprint density at radius 3 is 2.07 bits per heavy atom. The van der Waals surface area contributed by atoms with Gasteiger partial charge in [0.05, 0.1) is 0 Å². The van der Waals surface area contributed by atoms with Gasteiger partial charge >= 0.3 is 0 Å². The Labute approximate surface area is 91.5 Å². The molecule has 2 rings (SSSR count). The van der Waals surface area contributed by atoms with Crippen molar-refractivity contribution in [2.75, 3.05) is 19.7 Å². The van der Waals surface area contributed by atoms with E-state index in [2.05, 4.69) is 0 Å². The van der Waals surface area contributed by atoms with Crippen molar-refractivity contribution in [1.82, 2.24) is 4.90 Å². The third kappa shape index (κ3) is 3.82. The molecule has 0 heterocycles. The van der Waals surface area contributed by atoms with Crippen LogP contribution in [0.25, 0.3) is 0 Å². The van der Waals surface area contributed by atoms with E-state index in [1.54, 1.807) is 0 Å². The smallest absolute Gasteiger partial charge is 0.222 e. The van der Waals surface area contributed by atoms with Crippen molar-refractivity contribution in [3.05, 3.63) is 0 Å². The molecule has 0 aliphatic heterocycles. The highest BCUT2D eigenvalue weighted by molar-refractivity contribution is 5.76. The van der Waals surface area contributed by atoms with Crippen LogP contribution in [0.2, 0.25) is 0 Å². The molecule has 0 saturated heterocycles. The van der Waals surface area contributed by atoms with Crippen molar-refractivity contribution >= 4 is 5.91 Å². The maximum atomic E-state index is 11.8. The highest BCUT2D eigenvalue weighted by atomic mass is 16.3. The molecule has 0 atom stereocenters. The van der Waals surface area contributed by atoms with Crippen LogP contribution >= 0.6 is 0 Å². The molecule has 0 aromatic heterocycles. The molecule has 0 unspecified atom stereocenters. The number of carbonyl (C=O) groups excluding carboxylic acids is 1. The zero-order valence-electron chi connectivity index (χ0n) is 9.32. The minimum absolute atomic E-state index is 0.131. The fraction of sp³-hybridized carbons (Fsp3) is 0.917. The fourth-order valence-corrected chi connectivity index (χ4v) is 1.89. The normalized spacial score (nSPS) is 20.3. The number of carbonyl (C=O) groups is 1. The lowest BCUT2D eigenvalue weighted by molar-refractivity contribution is -0.132. The summed E-state index contributed by atoms with van der Waals surface area (Å²) >= 11 is 0. The van der Waals surface area contributed by atoms with Crippen molar-refractivity contribution in [2.24, 2.45) is 11.8 Å². The van der Waals surface area contributed by atoms with Crippen LogP contribution in [-0.2, 0) is 4.79 Å². The van der Waals surface area contributed by atoms with E-state index < -0.39 is 0 Å². The Bertz CT molecular complexity index is 208. The number of aliphatic hydroxyl groups is 1. The van der Waals surface area contributed by atoms with Crippen molar-refractivity contribution in [1.29, 1.82) is 0 Å². The van der Waals surface area contributed by atoms with E-state index in [1.807, 2.05) is 4.90 Å². The average molecular weight is 211 g/mol. The van der Waals surface area contributed by atoms with E-state index in [1.165, 1.54) is 25.7 Å². The van der Waals surface area contributed by atoms with E-state index in [0.29, 0.717) is 12.8 Å². The first-order chi connectivity index (χ1) is 7.29. The van der Waals surface area contributed by atoms with Crippen LogP contribution in [0.1, 0.15) is 38.5 Å². The number of amides is 1. The minimum atomic E-state index is 0.131. The molecule has 3 heteroatoms. The first-order valence-corrected chi connectivity index (χ1v) is 6.18. The number of nitrogens with zero attached hydrogens (tertiary/aromatic N) is 1. The highest BCUT2D eigenvalue weighted by Crippen LogP contribution is 2.33. The molecule has 15 heavy (non-hydrogen) atoms. The second kappa shape index (κ2) is 4.97. The zero-order valence-corrected chi connectivity index (χ0v) is 9.32. The number of rotatable bonds is 7. The molecule has 0 aromatic rings. The number of hydrogen-bond donors (Lipinski definition) is 1. The predicted octanol–water partition coefficient (Wildman–Crippen LogP) is 1.41. The monoisotopic (exact) mass is 211 g/mol. The van der Waals surface area contributed by atoms with Crippen LogP contribution in [0, 0.1) is 11.8 Å². The predicted molar refractivity (Wildman–Crippen MR) is 58.3 cm³/mol. The summed E-state index contributed by atoms with van der Waals surface area (Å²) in [6.07, 6.45) is 6.34. The van der Waals surface area contributed by atoms with E-state index in [-0.39, 0.29) is 12.5 Å². The summed E-state index contributed by atoms with van der Waals surface area (Å²) in [5, 5.41) is 8.71. The molecular weight excluding hydrogens is 190 g/mol. The van der Waals surface area contributed by atoms with Gasteiger partial charge in [-0.25, -0.2) is 0 Å². The summed E-state index contributed by atoms with van der Waals surface area (Å²) in [4.78, 5) is 13.9. The van der Waals surface area contributed by atoms with E-state index >= 15 is 0 Å². The van der Waals surface area contributed by atoms with Crippen LogP contribution in [-0.4, -0.2) is 35.6 Å². The summed E-state index contributed by atoms with van der Waals surface area (Å²) in [5.74, 6) is 1.81. The SMILES string of the molecule is O=C(CCCO)N(CC1CC1)CC1CC1. The maximum Gasteiger partial charge on any atom is 0.222 e. The molecule has 3 nitrogen and oxygen atoms in total. The molecule has 2 fully saturated rings. The lowest BCUT2D eigenvalue weighted by atomic mass is 10.2. The van der Waals surface area contributed by atoms with Gasteiger partial charge in [-0.3, -0.25) is 4.79 Å². The summed E-state index contributed by atoms with van der Waals surface area (Å²) in [6.45, 7) is 2.08. The Balaban J connectivity index is 1.75. The van der Waals surface area contributed by atoms with Gasteiger partial charge in [-0.15, -0.1) is 0 Å². The van der Waals surface area contributed by atoms with Crippen molar-refractivity contribution in [2.45, 2.75) is 38.5 Å². The number of aliphatic hydroxyl groups excluding tert-OH is 1. The Hall–Kier alpha value is -0.570. The molecule has 0 spiro atoms. The van der Waals surface area contributed by atoms with Gasteiger partial charge in [-0.1, -0.05) is 0 Å². The topological polar surface area (TPSA) is 40.5 Å². The summed E-state index contributed by atoms with van der Waals surface area (Å²) in [7, 11) is 0. The maximum absolute atomic E-state index is 11.8. The largest absolute Gasteiger partial charge is 0.396 e. The van der Waals surface area contributed by atoms with Gasteiger partial charge in [0.15, 0.2) is 0 Å². The average Bonchev–Trinajstić information content (AvgIpc) is 3.06. The quantitative estimate of drug-likeness (QED) is 0.691. The standard InChI is InChI=1S/C12H21NO2/c14-7-1-2-12(15)13(8-10-3-4-10)9-11-5-6-11/h10-11,14H,1-9H2. The third-order valence-corrected chi connectivity index (χ3v) is 3.25. The first kappa shape index (κ1) is 10.9. The third-order valence-electron chi connectivity index (χ3n) is 3.25. The first-order valence-electron chi connectivity index (χ1n) is 6.18. The Morgan fingerprint density at radius 1 is 1.13 bits per heavy atom. The van der Waals surface area contributed by atoms with Gasteiger partial charge in [-0.05, 0) is 43.9 Å². The molecule has 1 N–H and O–H groups in total. The van der Waals surface area contributed by atoms with Crippen molar-refractivity contribution in [3.8, 4) is 0 Å². The summed E-state index contributed by atoms with van der Waals surface area (Å²) in [6, 6.07) is 0. The molecule has 2 aliphatic carbocycles. The lowest BCUT2D eigenvalue weighted by Crippen LogP contribution is -2.34. The molecular formula is C12H21NO2. The van der Waals surface area contributed by atoms with Crippen LogP contribution in [0.15, 0.2) is 0 Å².